The molecule has 0 N–H and O–H groups in total. The van der Waals surface area contributed by atoms with Crippen LogP contribution in [-0.4, -0.2) is 18.1 Å². The monoisotopic (exact) mass is 162 g/mol. The molecule has 4 nitrogen and oxygen atoms in total. The topological polar surface area (TPSA) is 52.6 Å². The number of carbonyl (C=O) groups is 2. The number of thiol groups is 1. The predicted molar refractivity (Wildman–Crippen MR) is 37.0 cm³/mol. The van der Waals surface area contributed by atoms with Crippen molar-refractivity contribution in [3.05, 3.63) is 12.7 Å². The molecule has 0 aromatic rings. The van der Waals surface area contributed by atoms with Gasteiger partial charge in [-0.1, -0.05) is 25.3 Å². The average Bonchev–Trinajstić information content (AvgIpc) is 1.82. The molecule has 5 heteroatoms. The number of carbonyl (C=O) groups excluding carboxylic acids is 2. The van der Waals surface area contributed by atoms with Crippen LogP contribution < -0.4 is 0 Å². The van der Waals surface area contributed by atoms with Crippen molar-refractivity contribution in [3.8, 4) is 0 Å². The van der Waals surface area contributed by atoms with E-state index < -0.39 is 11.5 Å². The van der Waals surface area contributed by atoms with Gasteiger partial charge in [0.1, 0.15) is 6.61 Å². The van der Waals surface area contributed by atoms with Gasteiger partial charge in [-0.3, -0.25) is 0 Å². The summed E-state index contributed by atoms with van der Waals surface area (Å²) in [6.07, 6.45) is 0.282. The van der Waals surface area contributed by atoms with Crippen molar-refractivity contribution in [2.24, 2.45) is 0 Å². The van der Waals surface area contributed by atoms with E-state index in [1.807, 2.05) is 0 Å². The Morgan fingerprint density at radius 3 is 2.60 bits per heavy atom. The van der Waals surface area contributed by atoms with Crippen LogP contribution in [-0.2, 0) is 9.47 Å². The summed E-state index contributed by atoms with van der Waals surface area (Å²) in [7, 11) is 0. The second kappa shape index (κ2) is 4.87. The fourth-order valence-electron chi connectivity index (χ4n) is 0.228. The van der Waals surface area contributed by atoms with Crippen LogP contribution in [0.25, 0.3) is 0 Å². The fraction of sp³-hybridized carbons (Fsp3) is 0.200. The maximum Gasteiger partial charge on any atom is 0.517 e. The van der Waals surface area contributed by atoms with Crippen LogP contribution in [0.3, 0.4) is 0 Å². The normalized spacial score (nSPS) is 8.10. The van der Waals surface area contributed by atoms with Crippen LogP contribution in [0.5, 0.6) is 0 Å². The Kier molecular flexibility index (Phi) is 4.39. The van der Waals surface area contributed by atoms with E-state index in [0.29, 0.717) is 0 Å². The third-order valence-corrected chi connectivity index (χ3v) is 0.581. The fourth-order valence-corrected chi connectivity index (χ4v) is 0.302. The van der Waals surface area contributed by atoms with Gasteiger partial charge < -0.3 is 9.47 Å². The minimum Gasteiger partial charge on any atom is -0.430 e. The Morgan fingerprint density at radius 2 is 2.20 bits per heavy atom. The second-order valence-electron chi connectivity index (χ2n) is 1.22. The minimum atomic E-state index is -1.07. The molecule has 0 saturated heterocycles. The zero-order chi connectivity index (χ0) is 7.98. The third-order valence-electron chi connectivity index (χ3n) is 0.490. The summed E-state index contributed by atoms with van der Waals surface area (Å²) in [5, 5.41) is -0.992. The molecule has 0 unspecified atom stereocenters. The maximum absolute atomic E-state index is 10.3. The molecule has 0 bridgehead atoms. The Bertz CT molecular complexity index is 154. The summed E-state index contributed by atoms with van der Waals surface area (Å²) in [5.41, 5.74) is 0. The van der Waals surface area contributed by atoms with Gasteiger partial charge in [0.15, 0.2) is 0 Å². The van der Waals surface area contributed by atoms with Gasteiger partial charge in [-0.05, 0) is 0 Å². The molecule has 0 fully saturated rings. The lowest BCUT2D eigenvalue weighted by atomic mass is 10.7. The predicted octanol–water partition coefficient (Wildman–Crippen LogP) is 1.38. The molecule has 0 aliphatic carbocycles. The van der Waals surface area contributed by atoms with E-state index >= 15 is 0 Å². The lowest BCUT2D eigenvalue weighted by Crippen LogP contribution is -2.08. The largest absolute Gasteiger partial charge is 0.517 e. The zero-order valence-corrected chi connectivity index (χ0v) is 5.97. The first kappa shape index (κ1) is 9.03. The Labute approximate surface area is 63.2 Å². The summed E-state index contributed by atoms with van der Waals surface area (Å²) in [6.45, 7) is 3.29. The summed E-state index contributed by atoms with van der Waals surface area (Å²) < 4.78 is 8.12. The Morgan fingerprint density at radius 1 is 1.60 bits per heavy atom. The summed E-state index contributed by atoms with van der Waals surface area (Å²) >= 11 is 3.17. The van der Waals surface area contributed by atoms with E-state index in [0.717, 1.165) is 0 Å². The quantitative estimate of drug-likeness (QED) is 0.288. The molecular formula is C5H6O4S. The van der Waals surface area contributed by atoms with E-state index in [2.05, 4.69) is 28.7 Å². The molecule has 0 atom stereocenters. The van der Waals surface area contributed by atoms with Crippen molar-refractivity contribution in [1.82, 2.24) is 0 Å². The highest BCUT2D eigenvalue weighted by molar-refractivity contribution is 7.96. The van der Waals surface area contributed by atoms with Gasteiger partial charge in [0, 0.05) is 0 Å². The molecular weight excluding hydrogens is 156 g/mol. The molecule has 0 heterocycles. The van der Waals surface area contributed by atoms with Crippen molar-refractivity contribution in [2.75, 3.05) is 6.61 Å². The van der Waals surface area contributed by atoms with Crippen molar-refractivity contribution < 1.29 is 19.1 Å². The van der Waals surface area contributed by atoms with Gasteiger partial charge >= 0.3 is 11.5 Å². The molecule has 0 rings (SSSR count). The lowest BCUT2D eigenvalue weighted by molar-refractivity contribution is 0.0924. The molecule has 0 radical (unpaired) electrons. The first-order chi connectivity index (χ1) is 4.66. The summed E-state index contributed by atoms with van der Waals surface area (Å²) in [4.78, 5) is 20.2. The standard InChI is InChI=1S/C5H6O4S/c1-2-3-8-4(6)9-5(7)10/h2H,1,3H2,(H,7,10). The van der Waals surface area contributed by atoms with Gasteiger partial charge in [0.05, 0.1) is 0 Å². The van der Waals surface area contributed by atoms with Gasteiger partial charge in [0.2, 0.25) is 0 Å². The highest BCUT2D eigenvalue weighted by Gasteiger charge is 2.05. The van der Waals surface area contributed by atoms with Gasteiger partial charge in [-0.25, -0.2) is 9.59 Å². The molecule has 0 aromatic heterocycles. The van der Waals surface area contributed by atoms with Crippen LogP contribution in [0.1, 0.15) is 0 Å². The van der Waals surface area contributed by atoms with Crippen LogP contribution >= 0.6 is 12.6 Å². The summed E-state index contributed by atoms with van der Waals surface area (Å²) in [5.74, 6) is 0. The Hall–Kier alpha value is -0.970. The molecule has 0 spiro atoms. The van der Waals surface area contributed by atoms with E-state index in [1.54, 1.807) is 0 Å². The van der Waals surface area contributed by atoms with E-state index in [-0.39, 0.29) is 6.61 Å². The van der Waals surface area contributed by atoms with E-state index in [9.17, 15) is 9.59 Å². The SMILES string of the molecule is C=CCOC(=O)OC(=O)S. The molecule has 0 aromatic carbocycles. The zero-order valence-electron chi connectivity index (χ0n) is 5.07. The molecule has 0 saturated carbocycles. The van der Waals surface area contributed by atoms with Crippen molar-refractivity contribution in [1.29, 1.82) is 0 Å². The van der Waals surface area contributed by atoms with Crippen LogP contribution in [0.15, 0.2) is 12.7 Å². The van der Waals surface area contributed by atoms with Crippen molar-refractivity contribution in [3.63, 3.8) is 0 Å². The molecule has 10 heavy (non-hydrogen) atoms. The highest BCUT2D eigenvalue weighted by Crippen LogP contribution is 1.90. The van der Waals surface area contributed by atoms with Crippen molar-refractivity contribution in [2.45, 2.75) is 0 Å². The number of hydrogen-bond acceptors (Lipinski definition) is 4. The van der Waals surface area contributed by atoms with E-state index in [4.69, 9.17) is 0 Å². The smallest absolute Gasteiger partial charge is 0.430 e. The van der Waals surface area contributed by atoms with Gasteiger partial charge in [-0.15, -0.1) is 0 Å². The molecule has 0 amide bonds. The van der Waals surface area contributed by atoms with Gasteiger partial charge in [-0.2, -0.15) is 0 Å². The highest BCUT2D eigenvalue weighted by atomic mass is 32.1. The average molecular weight is 162 g/mol. The van der Waals surface area contributed by atoms with Crippen LogP contribution in [0.4, 0.5) is 9.59 Å². The van der Waals surface area contributed by atoms with E-state index in [1.165, 1.54) is 6.08 Å². The third kappa shape index (κ3) is 5.17. The number of ether oxygens (including phenoxy) is 2. The minimum absolute atomic E-state index is 0.0138. The first-order valence-corrected chi connectivity index (χ1v) is 2.80. The number of hydrogen-bond donors (Lipinski definition) is 1. The second-order valence-corrected chi connectivity index (χ2v) is 1.58. The lowest BCUT2D eigenvalue weighted by Gasteiger charge is -1.97. The maximum atomic E-state index is 10.3. The van der Waals surface area contributed by atoms with Crippen LogP contribution in [0, 0.1) is 0 Å². The summed E-state index contributed by atoms with van der Waals surface area (Å²) in [6, 6.07) is 0. The molecule has 0 aliphatic heterocycles. The molecule has 0 aliphatic rings. The molecule has 56 valence electrons. The van der Waals surface area contributed by atoms with Crippen LogP contribution in [0.2, 0.25) is 0 Å². The van der Waals surface area contributed by atoms with Crippen molar-refractivity contribution >= 4 is 24.1 Å². The number of rotatable bonds is 2. The first-order valence-electron chi connectivity index (χ1n) is 2.35. The Balaban J connectivity index is 3.43. The van der Waals surface area contributed by atoms with Gasteiger partial charge in [0.25, 0.3) is 0 Å².